The zero-order chi connectivity index (χ0) is 7.49. The highest BCUT2D eigenvalue weighted by Gasteiger charge is 2.37. The van der Waals surface area contributed by atoms with Crippen molar-refractivity contribution >= 4 is 5.91 Å². The van der Waals surface area contributed by atoms with Gasteiger partial charge in [-0.1, -0.05) is 6.92 Å². The maximum absolute atomic E-state index is 11.9. The van der Waals surface area contributed by atoms with Gasteiger partial charge in [0.05, 0.1) is 0 Å². The van der Waals surface area contributed by atoms with Gasteiger partial charge in [0, 0.05) is 11.6 Å². The van der Waals surface area contributed by atoms with Gasteiger partial charge in [0.1, 0.15) is 0 Å². The van der Waals surface area contributed by atoms with Crippen LogP contribution in [0, 0.1) is 4.91 Å². The molecule has 0 fully saturated rings. The lowest BCUT2D eigenvalue weighted by Crippen LogP contribution is -2.24. The quantitative estimate of drug-likeness (QED) is 0.539. The van der Waals surface area contributed by atoms with Crippen LogP contribution in [0.4, 0.5) is 8.78 Å². The van der Waals surface area contributed by atoms with Crippen molar-refractivity contribution in [2.45, 2.75) is 19.3 Å². The molecule has 0 N–H and O–H groups in total. The van der Waals surface area contributed by atoms with Crippen molar-refractivity contribution in [3.63, 3.8) is 0 Å². The predicted octanol–water partition coefficient (Wildman–Crippen LogP) is 1.32. The molecule has 0 saturated heterocycles. The van der Waals surface area contributed by atoms with Gasteiger partial charge in [-0.25, -0.2) is 0 Å². The highest BCUT2D eigenvalue weighted by atomic mass is 19.3. The number of carbonyl (C=O) groups excluding carboxylic acids is 1. The monoisotopic (exact) mass is 137 g/mol. The lowest BCUT2D eigenvalue weighted by molar-refractivity contribution is -0.142. The third-order valence-corrected chi connectivity index (χ3v) is 0.840. The normalized spacial score (nSPS) is 11.0. The lowest BCUT2D eigenvalue weighted by atomic mass is 10.2. The standard InChI is InChI=1S/C4H5F2NO2/c1-2-4(5,6)3(8)7-9/h2H2,1H3. The van der Waals surface area contributed by atoms with E-state index >= 15 is 0 Å². The van der Waals surface area contributed by atoms with Crippen LogP contribution in [0.1, 0.15) is 13.3 Å². The summed E-state index contributed by atoms with van der Waals surface area (Å²) < 4.78 is 23.8. The first-order chi connectivity index (χ1) is 4.04. The molecular weight excluding hydrogens is 132 g/mol. The molecule has 1 amide bonds. The van der Waals surface area contributed by atoms with Gasteiger partial charge in [-0.2, -0.15) is 8.78 Å². The summed E-state index contributed by atoms with van der Waals surface area (Å²) in [4.78, 5) is 19.1. The second kappa shape index (κ2) is 2.61. The topological polar surface area (TPSA) is 46.5 Å². The van der Waals surface area contributed by atoms with Crippen molar-refractivity contribution in [3.8, 4) is 0 Å². The summed E-state index contributed by atoms with van der Waals surface area (Å²) in [5.74, 6) is -5.47. The van der Waals surface area contributed by atoms with Crippen LogP contribution in [0.3, 0.4) is 0 Å². The van der Waals surface area contributed by atoms with Crippen molar-refractivity contribution in [2.75, 3.05) is 0 Å². The maximum atomic E-state index is 11.9. The smallest absolute Gasteiger partial charge is 0.262 e. The largest absolute Gasteiger partial charge is 0.355 e. The van der Waals surface area contributed by atoms with Crippen molar-refractivity contribution in [1.29, 1.82) is 0 Å². The zero-order valence-electron chi connectivity index (χ0n) is 4.73. The zero-order valence-corrected chi connectivity index (χ0v) is 4.73. The third kappa shape index (κ3) is 1.83. The number of alkyl halides is 2. The van der Waals surface area contributed by atoms with Crippen molar-refractivity contribution < 1.29 is 13.6 Å². The Morgan fingerprint density at radius 1 is 1.67 bits per heavy atom. The Balaban J connectivity index is 4.13. The van der Waals surface area contributed by atoms with Crippen molar-refractivity contribution in [2.24, 2.45) is 5.18 Å². The molecule has 0 aromatic carbocycles. The van der Waals surface area contributed by atoms with E-state index in [0.717, 1.165) is 6.92 Å². The average Bonchev–Trinajstić information content (AvgIpc) is 1.86. The van der Waals surface area contributed by atoms with Gasteiger partial charge >= 0.3 is 11.8 Å². The van der Waals surface area contributed by atoms with Gasteiger partial charge < -0.3 is 0 Å². The third-order valence-electron chi connectivity index (χ3n) is 0.840. The Hall–Kier alpha value is -0.870. The molecule has 0 rings (SSSR count). The van der Waals surface area contributed by atoms with Gasteiger partial charge in [0.2, 0.25) is 0 Å². The highest BCUT2D eigenvalue weighted by Crippen LogP contribution is 2.18. The predicted molar refractivity (Wildman–Crippen MR) is 26.0 cm³/mol. The van der Waals surface area contributed by atoms with E-state index < -0.39 is 18.3 Å². The Bertz CT molecular complexity index is 135. The Labute approximate surface area is 50.0 Å². The van der Waals surface area contributed by atoms with Crippen LogP contribution in [0.2, 0.25) is 0 Å². The summed E-state index contributed by atoms with van der Waals surface area (Å²) >= 11 is 0. The molecule has 52 valence electrons. The lowest BCUT2D eigenvalue weighted by Gasteiger charge is -2.04. The summed E-state index contributed by atoms with van der Waals surface area (Å²) in [6.45, 7) is 1.10. The summed E-state index contributed by atoms with van der Waals surface area (Å²) in [5, 5.41) is 1.59. The van der Waals surface area contributed by atoms with E-state index in [1.165, 1.54) is 0 Å². The molecule has 5 heteroatoms. The van der Waals surface area contributed by atoms with Crippen LogP contribution in [0.15, 0.2) is 5.18 Å². The molecule has 0 aliphatic rings. The number of nitrogens with zero attached hydrogens (tertiary/aromatic N) is 1. The van der Waals surface area contributed by atoms with Gasteiger partial charge in [-0.05, 0) is 0 Å². The fourth-order valence-corrected chi connectivity index (χ4v) is 0.218. The van der Waals surface area contributed by atoms with Crippen LogP contribution in [0.25, 0.3) is 0 Å². The molecule has 0 saturated carbocycles. The van der Waals surface area contributed by atoms with E-state index in [1.807, 2.05) is 0 Å². The molecule has 0 aliphatic carbocycles. The van der Waals surface area contributed by atoms with Crippen LogP contribution in [-0.4, -0.2) is 11.8 Å². The van der Waals surface area contributed by atoms with Crippen LogP contribution in [0.5, 0.6) is 0 Å². The minimum Gasteiger partial charge on any atom is -0.262 e. The summed E-state index contributed by atoms with van der Waals surface area (Å²) in [5.41, 5.74) is 0. The first kappa shape index (κ1) is 8.13. The summed E-state index contributed by atoms with van der Waals surface area (Å²) in [6.07, 6.45) is -0.683. The second-order valence-corrected chi connectivity index (χ2v) is 1.45. The van der Waals surface area contributed by atoms with Gasteiger partial charge in [-0.15, -0.1) is 4.91 Å². The Kier molecular flexibility index (Phi) is 2.36. The molecule has 9 heavy (non-hydrogen) atoms. The van der Waals surface area contributed by atoms with Gasteiger partial charge in [0.25, 0.3) is 0 Å². The van der Waals surface area contributed by atoms with Crippen LogP contribution >= 0.6 is 0 Å². The number of rotatable bonds is 2. The molecule has 3 nitrogen and oxygen atoms in total. The summed E-state index contributed by atoms with van der Waals surface area (Å²) in [7, 11) is 0. The molecular formula is C4H5F2NO2. The minimum absolute atomic E-state index is 0.683. The molecule has 0 heterocycles. The molecule has 0 radical (unpaired) electrons. The number of hydrogen-bond donors (Lipinski definition) is 0. The highest BCUT2D eigenvalue weighted by molar-refractivity contribution is 5.83. The minimum atomic E-state index is -3.57. The molecule has 0 bridgehead atoms. The molecule has 0 unspecified atom stereocenters. The summed E-state index contributed by atoms with van der Waals surface area (Å²) in [6, 6.07) is 0. The fraction of sp³-hybridized carbons (Fsp3) is 0.750. The first-order valence-corrected chi connectivity index (χ1v) is 2.30. The van der Waals surface area contributed by atoms with E-state index in [9.17, 15) is 18.5 Å². The van der Waals surface area contributed by atoms with Crippen LogP contribution < -0.4 is 0 Å². The Morgan fingerprint density at radius 3 is 2.22 bits per heavy atom. The van der Waals surface area contributed by atoms with E-state index in [4.69, 9.17) is 0 Å². The SMILES string of the molecule is CCC(F)(F)C(=O)N=O. The number of carbonyl (C=O) groups is 1. The second-order valence-electron chi connectivity index (χ2n) is 1.45. The number of amides is 1. The van der Waals surface area contributed by atoms with Crippen molar-refractivity contribution in [3.05, 3.63) is 4.91 Å². The van der Waals surface area contributed by atoms with Crippen LogP contribution in [-0.2, 0) is 4.79 Å². The van der Waals surface area contributed by atoms with E-state index in [1.54, 1.807) is 5.18 Å². The number of nitroso groups, excluding NO2 is 1. The molecule has 0 aliphatic heterocycles. The Morgan fingerprint density at radius 2 is 2.11 bits per heavy atom. The molecule has 0 aromatic rings. The van der Waals surface area contributed by atoms with E-state index in [2.05, 4.69) is 0 Å². The maximum Gasteiger partial charge on any atom is 0.355 e. The van der Waals surface area contributed by atoms with E-state index in [0.29, 0.717) is 0 Å². The molecule has 0 spiro atoms. The molecule has 0 atom stereocenters. The average molecular weight is 137 g/mol. The number of hydrogen-bond acceptors (Lipinski definition) is 2. The fourth-order valence-electron chi connectivity index (χ4n) is 0.218. The molecule has 0 aromatic heterocycles. The number of halogens is 2. The first-order valence-electron chi connectivity index (χ1n) is 2.30. The van der Waals surface area contributed by atoms with E-state index in [-0.39, 0.29) is 0 Å². The van der Waals surface area contributed by atoms with Gasteiger partial charge in [0.15, 0.2) is 0 Å². The van der Waals surface area contributed by atoms with Gasteiger partial charge in [-0.3, -0.25) is 4.79 Å². The van der Waals surface area contributed by atoms with Crippen molar-refractivity contribution in [1.82, 2.24) is 0 Å².